The number of fused-ring (bicyclic) bond motifs is 1. The van der Waals surface area contributed by atoms with E-state index >= 15 is 0 Å². The van der Waals surface area contributed by atoms with Crippen LogP contribution in [0, 0.1) is 0 Å². The molecule has 1 fully saturated rings. The van der Waals surface area contributed by atoms with Crippen molar-refractivity contribution in [2.24, 2.45) is 0 Å². The summed E-state index contributed by atoms with van der Waals surface area (Å²) < 4.78 is 22.5. The van der Waals surface area contributed by atoms with E-state index in [1.165, 1.54) is 16.7 Å². The number of aromatic nitrogens is 4. The van der Waals surface area contributed by atoms with Crippen molar-refractivity contribution in [3.8, 4) is 0 Å². The molecular formula is C29H37N5O3Si. The van der Waals surface area contributed by atoms with Crippen LogP contribution in [0.2, 0.25) is 5.04 Å². The highest BCUT2D eigenvalue weighted by Crippen LogP contribution is 2.43. The average molecular weight is 532 g/mol. The Labute approximate surface area is 225 Å². The van der Waals surface area contributed by atoms with Crippen molar-refractivity contribution in [3.05, 3.63) is 73.3 Å². The first-order valence-electron chi connectivity index (χ1n) is 13.0. The predicted molar refractivity (Wildman–Crippen MR) is 152 cm³/mol. The van der Waals surface area contributed by atoms with Crippen molar-refractivity contribution >= 4 is 35.7 Å². The number of nitrogens with two attached hydrogens (primary N) is 1. The normalized spacial score (nSPS) is 22.0. The summed E-state index contributed by atoms with van der Waals surface area (Å²) in [6, 6.07) is 21.2. The third-order valence-electron chi connectivity index (χ3n) is 7.51. The van der Waals surface area contributed by atoms with Crippen molar-refractivity contribution in [2.75, 3.05) is 12.3 Å². The monoisotopic (exact) mass is 531 g/mol. The van der Waals surface area contributed by atoms with Crippen molar-refractivity contribution in [2.45, 2.75) is 70.6 Å². The van der Waals surface area contributed by atoms with Gasteiger partial charge in [-0.05, 0) is 36.2 Å². The molecule has 2 unspecified atom stereocenters. The summed E-state index contributed by atoms with van der Waals surface area (Å²) in [7, 11) is -2.96. The van der Waals surface area contributed by atoms with Crippen LogP contribution in [0.1, 0.15) is 41.5 Å². The number of rotatable bonds is 6. The Hall–Kier alpha value is -3.11. The molecule has 3 heterocycles. The van der Waals surface area contributed by atoms with Gasteiger partial charge in [-0.25, -0.2) is 15.0 Å². The molecule has 9 heteroatoms. The fourth-order valence-electron chi connectivity index (χ4n) is 5.56. The molecule has 0 saturated carbocycles. The number of nitrogen functional groups attached to an aromatic ring is 1. The molecule has 1 aliphatic rings. The smallest absolute Gasteiger partial charge is 0.262 e. The highest BCUT2D eigenvalue weighted by molar-refractivity contribution is 6.99. The minimum atomic E-state index is -2.96. The first-order valence-corrected chi connectivity index (χ1v) is 14.9. The maximum Gasteiger partial charge on any atom is 0.262 e. The third kappa shape index (κ3) is 4.53. The Morgan fingerprint density at radius 2 is 1.61 bits per heavy atom. The molecule has 200 valence electrons. The third-order valence-corrected chi connectivity index (χ3v) is 12.6. The number of benzene rings is 2. The molecular weight excluding hydrogens is 494 g/mol. The zero-order valence-corrected chi connectivity index (χ0v) is 24.0. The molecule has 0 radical (unpaired) electrons. The maximum absolute atomic E-state index is 7.73. The molecule has 4 aromatic rings. The molecule has 1 aliphatic heterocycles. The number of anilines is 1. The van der Waals surface area contributed by atoms with Gasteiger partial charge in [-0.3, -0.25) is 0 Å². The molecule has 38 heavy (non-hydrogen) atoms. The molecule has 0 amide bonds. The van der Waals surface area contributed by atoms with Gasteiger partial charge < -0.3 is 24.2 Å². The number of hydrogen-bond donors (Lipinski definition) is 1. The van der Waals surface area contributed by atoms with E-state index in [9.17, 15) is 0 Å². The molecule has 0 spiro atoms. The van der Waals surface area contributed by atoms with Crippen LogP contribution in [0.5, 0.6) is 0 Å². The lowest BCUT2D eigenvalue weighted by Crippen LogP contribution is -2.73. The molecule has 2 aromatic carbocycles. The van der Waals surface area contributed by atoms with Crippen LogP contribution in [0.4, 0.5) is 5.82 Å². The largest absolute Gasteiger partial charge is 0.395 e. The summed E-state index contributed by atoms with van der Waals surface area (Å²) in [5, 5.41) is 2.16. The molecule has 2 aromatic heterocycles. The zero-order valence-electron chi connectivity index (χ0n) is 23.0. The van der Waals surface area contributed by atoms with E-state index in [0.29, 0.717) is 30.1 Å². The van der Waals surface area contributed by atoms with E-state index in [-0.39, 0.29) is 11.1 Å². The number of hydrogen-bond acceptors (Lipinski definition) is 7. The van der Waals surface area contributed by atoms with E-state index in [2.05, 4.69) is 91.2 Å². The average Bonchev–Trinajstić information content (AvgIpc) is 3.29. The summed E-state index contributed by atoms with van der Waals surface area (Å²) in [6.45, 7) is 13.5. The topological polar surface area (TPSA) is 97.3 Å². The van der Waals surface area contributed by atoms with Crippen LogP contribution in [0.15, 0.2) is 73.3 Å². The molecule has 8 nitrogen and oxygen atoms in total. The molecule has 0 aliphatic carbocycles. The summed E-state index contributed by atoms with van der Waals surface area (Å²) in [5.41, 5.74) is 6.48. The number of ether oxygens (including phenoxy) is 2. The number of imidazole rings is 1. The summed E-state index contributed by atoms with van der Waals surface area (Å²) >= 11 is 0. The quantitative estimate of drug-likeness (QED) is 0.377. The van der Waals surface area contributed by atoms with Gasteiger partial charge in [0.05, 0.1) is 25.6 Å². The Morgan fingerprint density at radius 3 is 2.16 bits per heavy atom. The van der Waals surface area contributed by atoms with Crippen molar-refractivity contribution in [1.29, 1.82) is 0 Å². The van der Waals surface area contributed by atoms with Crippen LogP contribution >= 0.6 is 0 Å². The predicted octanol–water partition coefficient (Wildman–Crippen LogP) is 3.90. The zero-order chi connectivity index (χ0) is 27.2. The van der Waals surface area contributed by atoms with Crippen molar-refractivity contribution in [1.82, 2.24) is 19.5 Å². The highest BCUT2D eigenvalue weighted by atomic mass is 28.4. The molecule has 0 bridgehead atoms. The Balaban J connectivity index is 1.72. The second-order valence-electron chi connectivity index (χ2n) is 11.6. The van der Waals surface area contributed by atoms with E-state index in [0.717, 1.165) is 0 Å². The maximum atomic E-state index is 7.73. The van der Waals surface area contributed by atoms with Crippen molar-refractivity contribution in [3.63, 3.8) is 0 Å². The summed E-state index contributed by atoms with van der Waals surface area (Å²) in [6.07, 6.45) is 2.91. The lowest BCUT2D eigenvalue weighted by atomic mass is 9.96. The van der Waals surface area contributed by atoms with Crippen LogP contribution < -0.4 is 16.1 Å². The Bertz CT molecular complexity index is 1360. The summed E-state index contributed by atoms with van der Waals surface area (Å²) in [4.78, 5) is 13.1. The first kappa shape index (κ1) is 26.5. The SMILES string of the molecule is CC1OC(C)(C)OCC1(Cn1cnc2c(N)ncnc21)O[Si](c1ccccc1)(c1ccccc1)C(C)(C)C. The lowest BCUT2D eigenvalue weighted by Gasteiger charge is -2.54. The van der Waals surface area contributed by atoms with Gasteiger partial charge in [0, 0.05) is 0 Å². The second kappa shape index (κ2) is 9.57. The highest BCUT2D eigenvalue weighted by Gasteiger charge is 2.58. The molecule has 5 rings (SSSR count). The summed E-state index contributed by atoms with van der Waals surface area (Å²) in [5.74, 6) is -0.387. The first-order chi connectivity index (χ1) is 18.0. The van der Waals surface area contributed by atoms with Gasteiger partial charge in [-0.15, -0.1) is 0 Å². The van der Waals surface area contributed by atoms with Crippen LogP contribution in [0.3, 0.4) is 0 Å². The van der Waals surface area contributed by atoms with Gasteiger partial charge >= 0.3 is 0 Å². The minimum Gasteiger partial charge on any atom is -0.395 e. The van der Waals surface area contributed by atoms with Gasteiger partial charge in [0.25, 0.3) is 8.32 Å². The molecule has 1 saturated heterocycles. The van der Waals surface area contributed by atoms with Gasteiger partial charge in [-0.2, -0.15) is 0 Å². The van der Waals surface area contributed by atoms with Crippen molar-refractivity contribution < 1.29 is 13.9 Å². The molecule has 2 atom stereocenters. The van der Waals surface area contributed by atoms with Gasteiger partial charge in [0.15, 0.2) is 17.3 Å². The van der Waals surface area contributed by atoms with Gasteiger partial charge in [0.1, 0.15) is 17.4 Å². The van der Waals surface area contributed by atoms with E-state index in [1.807, 2.05) is 30.5 Å². The Kier molecular flexibility index (Phi) is 6.67. The van der Waals surface area contributed by atoms with E-state index in [4.69, 9.17) is 19.6 Å². The van der Waals surface area contributed by atoms with Crippen LogP contribution in [0.25, 0.3) is 11.2 Å². The second-order valence-corrected chi connectivity index (χ2v) is 15.8. The molecule has 2 N–H and O–H groups in total. The van der Waals surface area contributed by atoms with Gasteiger partial charge in [-0.1, -0.05) is 81.4 Å². The lowest BCUT2D eigenvalue weighted by molar-refractivity contribution is -0.327. The fraction of sp³-hybridized carbons (Fsp3) is 0.414. The van der Waals surface area contributed by atoms with Crippen LogP contribution in [-0.4, -0.2) is 51.9 Å². The standard InChI is InChI=1S/C29H37N5O3Si/c1-21-29(18-35-28(5,6)36-21,17-34-20-33-24-25(30)31-19-32-26(24)34)37-38(27(2,3)4,22-13-9-7-10-14-22)23-15-11-8-12-16-23/h7-16,19-21H,17-18H2,1-6H3,(H2,30,31,32). The van der Waals surface area contributed by atoms with E-state index in [1.54, 1.807) is 6.33 Å². The van der Waals surface area contributed by atoms with Crippen LogP contribution in [-0.2, 0) is 20.4 Å². The van der Waals surface area contributed by atoms with E-state index < -0.39 is 19.7 Å². The number of nitrogens with zero attached hydrogens (tertiary/aromatic N) is 4. The fourth-order valence-corrected chi connectivity index (χ4v) is 10.4. The minimum absolute atomic E-state index is 0.223. The van der Waals surface area contributed by atoms with Gasteiger partial charge in [0.2, 0.25) is 0 Å². The Morgan fingerprint density at radius 1 is 1.00 bits per heavy atom.